The van der Waals surface area contributed by atoms with Crippen LogP contribution in [-0.4, -0.2) is 22.3 Å². The molecule has 6 nitrogen and oxygen atoms in total. The van der Waals surface area contributed by atoms with Crippen molar-refractivity contribution in [3.63, 3.8) is 0 Å². The van der Waals surface area contributed by atoms with E-state index in [1.54, 1.807) is 25.2 Å². The summed E-state index contributed by atoms with van der Waals surface area (Å²) in [7, 11) is 1.61. The Morgan fingerprint density at radius 1 is 1.04 bits per heavy atom. The molecule has 0 spiro atoms. The lowest BCUT2D eigenvalue weighted by Crippen LogP contribution is -2.20. The molecular formula is C22H23N3O3. The Bertz CT molecular complexity index is 1010. The van der Waals surface area contributed by atoms with Gasteiger partial charge in [-0.3, -0.25) is 9.59 Å². The highest BCUT2D eigenvalue weighted by Gasteiger charge is 2.06. The Hall–Kier alpha value is -3.41. The zero-order chi connectivity index (χ0) is 20.1. The van der Waals surface area contributed by atoms with Gasteiger partial charge in [-0.2, -0.15) is 5.10 Å². The first-order valence-corrected chi connectivity index (χ1v) is 9.10. The van der Waals surface area contributed by atoms with Crippen molar-refractivity contribution in [2.45, 2.75) is 19.8 Å². The predicted molar refractivity (Wildman–Crippen MR) is 110 cm³/mol. The molecule has 3 aromatic rings. The van der Waals surface area contributed by atoms with Gasteiger partial charge in [0.2, 0.25) is 0 Å². The van der Waals surface area contributed by atoms with Crippen LogP contribution in [0.2, 0.25) is 0 Å². The Morgan fingerprint density at radius 2 is 1.71 bits per heavy atom. The Morgan fingerprint density at radius 3 is 2.32 bits per heavy atom. The summed E-state index contributed by atoms with van der Waals surface area (Å²) in [6.45, 7) is 4.19. The maximum absolute atomic E-state index is 12.1. The minimum absolute atomic E-state index is 0.0644. The number of amides is 1. The number of nitrogens with zero attached hydrogens (tertiary/aromatic N) is 2. The van der Waals surface area contributed by atoms with Crippen molar-refractivity contribution in [3.05, 3.63) is 76.6 Å². The Balaban J connectivity index is 1.56. The van der Waals surface area contributed by atoms with Crippen LogP contribution in [0.4, 0.5) is 5.69 Å². The number of carbonyl (C=O) groups excluding carboxylic acids is 1. The lowest BCUT2D eigenvalue weighted by molar-refractivity contribution is -0.118. The number of anilines is 1. The maximum Gasteiger partial charge on any atom is 0.266 e. The molecule has 0 unspecified atom stereocenters. The molecule has 0 radical (unpaired) electrons. The maximum atomic E-state index is 12.1. The first-order chi connectivity index (χ1) is 13.4. The van der Waals surface area contributed by atoms with Gasteiger partial charge >= 0.3 is 0 Å². The molecule has 2 aromatic carbocycles. The molecule has 0 atom stereocenters. The van der Waals surface area contributed by atoms with Gasteiger partial charge in [-0.25, -0.2) is 4.68 Å². The molecule has 0 aliphatic rings. The predicted octanol–water partition coefficient (Wildman–Crippen LogP) is 3.59. The Labute approximate surface area is 163 Å². The molecule has 0 saturated heterocycles. The number of aromatic nitrogens is 2. The van der Waals surface area contributed by atoms with Gasteiger partial charge < -0.3 is 10.1 Å². The molecule has 1 N–H and O–H groups in total. The van der Waals surface area contributed by atoms with Crippen LogP contribution in [0.5, 0.6) is 5.75 Å². The lowest BCUT2D eigenvalue weighted by atomic mass is 10.0. The van der Waals surface area contributed by atoms with E-state index in [0.29, 0.717) is 23.0 Å². The van der Waals surface area contributed by atoms with E-state index < -0.39 is 0 Å². The first kappa shape index (κ1) is 19.4. The molecule has 28 heavy (non-hydrogen) atoms. The quantitative estimate of drug-likeness (QED) is 0.712. The second-order valence-electron chi connectivity index (χ2n) is 6.82. The fraction of sp³-hybridized carbons (Fsp3) is 0.227. The van der Waals surface area contributed by atoms with Crippen molar-refractivity contribution in [3.8, 4) is 17.0 Å². The van der Waals surface area contributed by atoms with Crippen molar-refractivity contribution in [2.24, 2.45) is 7.05 Å². The summed E-state index contributed by atoms with van der Waals surface area (Å²) in [5.41, 5.74) is 3.27. The van der Waals surface area contributed by atoms with Crippen LogP contribution < -0.4 is 15.6 Å². The summed E-state index contributed by atoms with van der Waals surface area (Å²) in [6, 6.07) is 18.2. The van der Waals surface area contributed by atoms with Gasteiger partial charge in [-0.15, -0.1) is 0 Å². The monoisotopic (exact) mass is 377 g/mol. The highest BCUT2D eigenvalue weighted by atomic mass is 16.5. The summed E-state index contributed by atoms with van der Waals surface area (Å²) in [6.07, 6.45) is 0. The Kier molecular flexibility index (Phi) is 5.89. The number of rotatable bonds is 6. The molecule has 1 amide bonds. The summed E-state index contributed by atoms with van der Waals surface area (Å²) in [5.74, 6) is 0.882. The van der Waals surface area contributed by atoms with Crippen molar-refractivity contribution >= 4 is 11.6 Å². The fourth-order valence-electron chi connectivity index (χ4n) is 2.68. The largest absolute Gasteiger partial charge is 0.484 e. The molecule has 0 aliphatic carbocycles. The van der Waals surface area contributed by atoms with E-state index in [-0.39, 0.29) is 18.1 Å². The van der Waals surface area contributed by atoms with Gasteiger partial charge in [0.1, 0.15) is 5.75 Å². The smallest absolute Gasteiger partial charge is 0.266 e. The normalized spacial score (nSPS) is 10.7. The van der Waals surface area contributed by atoms with Gasteiger partial charge in [-0.05, 0) is 41.8 Å². The van der Waals surface area contributed by atoms with E-state index in [9.17, 15) is 9.59 Å². The first-order valence-electron chi connectivity index (χ1n) is 9.10. The molecule has 1 aromatic heterocycles. The molecule has 0 fully saturated rings. The summed E-state index contributed by atoms with van der Waals surface area (Å²) < 4.78 is 6.83. The summed E-state index contributed by atoms with van der Waals surface area (Å²) >= 11 is 0. The third-order valence-electron chi connectivity index (χ3n) is 4.34. The van der Waals surface area contributed by atoms with E-state index in [1.807, 2.05) is 36.4 Å². The van der Waals surface area contributed by atoms with E-state index >= 15 is 0 Å². The number of ether oxygens (including phenoxy) is 1. The molecule has 0 saturated carbocycles. The zero-order valence-corrected chi connectivity index (χ0v) is 16.2. The molecule has 144 valence electrons. The minimum atomic E-state index is -0.235. The van der Waals surface area contributed by atoms with Crippen molar-refractivity contribution in [1.82, 2.24) is 9.78 Å². The van der Waals surface area contributed by atoms with Crippen LogP contribution in [0.3, 0.4) is 0 Å². The number of nitrogens with one attached hydrogen (secondary N) is 1. The van der Waals surface area contributed by atoms with Crippen LogP contribution in [0.15, 0.2) is 65.5 Å². The highest BCUT2D eigenvalue weighted by molar-refractivity contribution is 5.92. The number of hydrogen-bond acceptors (Lipinski definition) is 4. The van der Waals surface area contributed by atoms with Crippen molar-refractivity contribution in [2.75, 3.05) is 11.9 Å². The van der Waals surface area contributed by atoms with Gasteiger partial charge in [-0.1, -0.05) is 38.1 Å². The second-order valence-corrected chi connectivity index (χ2v) is 6.82. The van der Waals surface area contributed by atoms with E-state index in [2.05, 4.69) is 24.3 Å². The van der Waals surface area contributed by atoms with Crippen molar-refractivity contribution in [1.29, 1.82) is 0 Å². The molecule has 0 aliphatic heterocycles. The van der Waals surface area contributed by atoms with Gasteiger partial charge in [0, 0.05) is 24.4 Å². The molecule has 1 heterocycles. The van der Waals surface area contributed by atoms with Crippen molar-refractivity contribution < 1.29 is 9.53 Å². The molecule has 3 rings (SSSR count). The van der Waals surface area contributed by atoms with Crippen LogP contribution in [-0.2, 0) is 11.8 Å². The lowest BCUT2D eigenvalue weighted by Gasteiger charge is -2.10. The van der Waals surface area contributed by atoms with Gasteiger partial charge in [0.15, 0.2) is 6.61 Å². The van der Waals surface area contributed by atoms with Gasteiger partial charge in [0.25, 0.3) is 11.5 Å². The molecular weight excluding hydrogens is 354 g/mol. The zero-order valence-electron chi connectivity index (χ0n) is 16.2. The van der Waals surface area contributed by atoms with Crippen LogP contribution >= 0.6 is 0 Å². The number of carbonyl (C=O) groups is 1. The average molecular weight is 377 g/mol. The fourth-order valence-corrected chi connectivity index (χ4v) is 2.68. The number of aryl methyl sites for hydroxylation is 1. The standard InChI is InChI=1S/C22H23N3O3/c1-15(2)16-6-10-19(11-7-16)28-14-21(26)23-18-8-4-17(5-9-18)20-12-13-22(27)25(3)24-20/h4-13,15H,14H2,1-3H3,(H,23,26). The summed E-state index contributed by atoms with van der Waals surface area (Å²) in [5, 5.41) is 7.01. The number of hydrogen-bond donors (Lipinski definition) is 1. The highest BCUT2D eigenvalue weighted by Crippen LogP contribution is 2.20. The van der Waals surface area contributed by atoms with E-state index in [4.69, 9.17) is 4.74 Å². The SMILES string of the molecule is CC(C)c1ccc(OCC(=O)Nc2ccc(-c3ccc(=O)n(C)n3)cc2)cc1. The van der Waals surface area contributed by atoms with E-state index in [1.165, 1.54) is 16.3 Å². The van der Waals surface area contributed by atoms with Crippen LogP contribution in [0.25, 0.3) is 11.3 Å². The van der Waals surface area contributed by atoms with Crippen LogP contribution in [0.1, 0.15) is 25.3 Å². The number of benzene rings is 2. The third kappa shape index (κ3) is 4.85. The summed E-state index contributed by atoms with van der Waals surface area (Å²) in [4.78, 5) is 23.5. The second kappa shape index (κ2) is 8.52. The van der Waals surface area contributed by atoms with Gasteiger partial charge in [0.05, 0.1) is 5.69 Å². The third-order valence-corrected chi connectivity index (χ3v) is 4.34. The minimum Gasteiger partial charge on any atom is -0.484 e. The molecule has 6 heteroatoms. The average Bonchev–Trinajstić information content (AvgIpc) is 2.69. The van der Waals surface area contributed by atoms with Crippen LogP contribution in [0, 0.1) is 0 Å². The van der Waals surface area contributed by atoms with E-state index in [0.717, 1.165) is 5.56 Å². The topological polar surface area (TPSA) is 73.2 Å². The molecule has 0 bridgehead atoms.